The van der Waals surface area contributed by atoms with Crippen LogP contribution in [0.5, 0.6) is 11.5 Å². The number of carbonyl (C=O) groups is 2. The third kappa shape index (κ3) is 3.85. The van der Waals surface area contributed by atoms with Gasteiger partial charge in [-0.3, -0.25) is 9.59 Å². The van der Waals surface area contributed by atoms with Crippen LogP contribution in [0.15, 0.2) is 33.0 Å². The number of fused-ring (bicyclic) bond motifs is 2. The molecule has 0 saturated carbocycles. The minimum atomic E-state index is -0.330. The van der Waals surface area contributed by atoms with Crippen LogP contribution in [0.3, 0.4) is 0 Å². The van der Waals surface area contributed by atoms with Crippen molar-refractivity contribution in [1.82, 2.24) is 4.57 Å². The van der Waals surface area contributed by atoms with E-state index in [2.05, 4.69) is 20.9 Å². The number of benzene rings is 1. The first kappa shape index (κ1) is 19.2. The molecular formula is C18H15BrN2O5S2. The fraction of sp³-hybridized carbons (Fsp3) is 0.278. The highest BCUT2D eigenvalue weighted by atomic mass is 79.9. The van der Waals surface area contributed by atoms with Gasteiger partial charge in [-0.1, -0.05) is 11.3 Å². The number of hydrogen-bond acceptors (Lipinski definition) is 7. The lowest BCUT2D eigenvalue weighted by Gasteiger charge is -2.18. The first-order chi connectivity index (χ1) is 13.5. The minimum absolute atomic E-state index is 0.169. The summed E-state index contributed by atoms with van der Waals surface area (Å²) in [5, 5.41) is 0. The average Bonchev–Trinajstić information content (AvgIpc) is 3.27. The smallest absolute Gasteiger partial charge is 0.307 e. The number of thiophene rings is 1. The first-order valence-corrected chi connectivity index (χ1v) is 10.8. The highest BCUT2D eigenvalue weighted by molar-refractivity contribution is 9.11. The summed E-state index contributed by atoms with van der Waals surface area (Å²) < 4.78 is 19.7. The van der Waals surface area contributed by atoms with E-state index < -0.39 is 0 Å². The predicted octanol–water partition coefficient (Wildman–Crippen LogP) is 3.60. The van der Waals surface area contributed by atoms with E-state index >= 15 is 0 Å². The van der Waals surface area contributed by atoms with Gasteiger partial charge in [0, 0.05) is 18.7 Å². The molecule has 2 aromatic heterocycles. The van der Waals surface area contributed by atoms with Crippen molar-refractivity contribution in [2.24, 2.45) is 4.99 Å². The summed E-state index contributed by atoms with van der Waals surface area (Å²) >= 11 is 6.05. The maximum atomic E-state index is 12.6. The van der Waals surface area contributed by atoms with Gasteiger partial charge in [0.25, 0.3) is 5.91 Å². The van der Waals surface area contributed by atoms with E-state index in [0.29, 0.717) is 40.9 Å². The number of esters is 1. The number of methoxy groups -OCH3 is 1. The van der Waals surface area contributed by atoms with Crippen LogP contribution in [0.2, 0.25) is 0 Å². The number of halogens is 1. The number of nitrogens with zero attached hydrogens (tertiary/aromatic N) is 2. The Hall–Kier alpha value is -2.17. The normalized spacial score (nSPS) is 13.7. The van der Waals surface area contributed by atoms with Gasteiger partial charge in [-0.15, -0.1) is 11.3 Å². The number of carbonyl (C=O) groups excluding carboxylic acids is 2. The summed E-state index contributed by atoms with van der Waals surface area (Å²) in [4.78, 5) is 29.6. The Morgan fingerprint density at radius 2 is 1.96 bits per heavy atom. The van der Waals surface area contributed by atoms with Gasteiger partial charge in [0.15, 0.2) is 16.3 Å². The molecule has 0 atom stereocenters. The molecule has 3 heterocycles. The molecule has 3 aromatic rings. The van der Waals surface area contributed by atoms with Crippen molar-refractivity contribution in [1.29, 1.82) is 0 Å². The summed E-state index contributed by atoms with van der Waals surface area (Å²) in [7, 11) is 1.35. The molecule has 0 radical (unpaired) electrons. The Kier molecular flexibility index (Phi) is 5.51. The van der Waals surface area contributed by atoms with Gasteiger partial charge in [-0.05, 0) is 28.1 Å². The van der Waals surface area contributed by atoms with E-state index in [1.165, 1.54) is 29.8 Å². The molecule has 0 fully saturated rings. The first-order valence-electron chi connectivity index (χ1n) is 8.39. The molecule has 1 aliphatic heterocycles. The third-order valence-electron chi connectivity index (χ3n) is 4.10. The monoisotopic (exact) mass is 482 g/mol. The number of aromatic nitrogens is 1. The largest absolute Gasteiger partial charge is 0.486 e. The van der Waals surface area contributed by atoms with E-state index in [-0.39, 0.29) is 18.3 Å². The molecule has 10 heteroatoms. The van der Waals surface area contributed by atoms with Crippen molar-refractivity contribution in [3.05, 3.63) is 37.7 Å². The molecule has 1 amide bonds. The molecule has 4 rings (SSSR count). The van der Waals surface area contributed by atoms with Crippen LogP contribution in [0.1, 0.15) is 16.1 Å². The standard InChI is InChI=1S/C18H15BrN2O5S2/c1-24-16(22)4-5-21-10-8-11-12(26-7-6-25-11)9-14(10)28-18(21)20-17(23)13-2-3-15(19)27-13/h2-3,8-9H,4-7H2,1H3. The average molecular weight is 483 g/mol. The highest BCUT2D eigenvalue weighted by Gasteiger charge is 2.18. The SMILES string of the molecule is COC(=O)CCn1c(=NC(=O)c2ccc(Br)s2)sc2cc3c(cc21)OCCO3. The van der Waals surface area contributed by atoms with Crippen molar-refractivity contribution in [3.8, 4) is 11.5 Å². The zero-order chi connectivity index (χ0) is 19.7. The van der Waals surface area contributed by atoms with Crippen molar-refractivity contribution >= 4 is 60.7 Å². The lowest BCUT2D eigenvalue weighted by molar-refractivity contribution is -0.140. The Balaban J connectivity index is 1.82. The predicted molar refractivity (Wildman–Crippen MR) is 109 cm³/mol. The summed E-state index contributed by atoms with van der Waals surface area (Å²) in [6, 6.07) is 7.29. The van der Waals surface area contributed by atoms with Gasteiger partial charge in [-0.25, -0.2) is 0 Å². The van der Waals surface area contributed by atoms with Gasteiger partial charge >= 0.3 is 5.97 Å². The van der Waals surface area contributed by atoms with Crippen molar-refractivity contribution in [2.45, 2.75) is 13.0 Å². The van der Waals surface area contributed by atoms with Crippen LogP contribution in [0, 0.1) is 0 Å². The second-order valence-corrected chi connectivity index (χ2v) is 9.32. The number of amides is 1. The third-order valence-corrected chi connectivity index (χ3v) is 6.75. The van der Waals surface area contributed by atoms with Gasteiger partial charge in [0.05, 0.1) is 32.4 Å². The number of ether oxygens (including phenoxy) is 3. The fourth-order valence-corrected chi connectivity index (χ4v) is 5.12. The Morgan fingerprint density at radius 1 is 1.21 bits per heavy atom. The van der Waals surface area contributed by atoms with E-state index in [9.17, 15) is 9.59 Å². The van der Waals surface area contributed by atoms with Crippen LogP contribution >= 0.6 is 38.6 Å². The van der Waals surface area contributed by atoms with Gasteiger partial charge in [-0.2, -0.15) is 4.99 Å². The minimum Gasteiger partial charge on any atom is -0.486 e. The lowest BCUT2D eigenvalue weighted by Crippen LogP contribution is -2.19. The van der Waals surface area contributed by atoms with E-state index in [1.807, 2.05) is 22.8 Å². The van der Waals surface area contributed by atoms with Gasteiger partial charge < -0.3 is 18.8 Å². The molecule has 0 saturated heterocycles. The molecule has 1 aliphatic rings. The Bertz CT molecular complexity index is 1130. The number of aryl methyl sites for hydroxylation is 1. The summed E-state index contributed by atoms with van der Waals surface area (Å²) in [5.41, 5.74) is 0.831. The number of thiazole rings is 1. The van der Waals surface area contributed by atoms with Crippen molar-refractivity contribution in [2.75, 3.05) is 20.3 Å². The molecular weight excluding hydrogens is 468 g/mol. The summed E-state index contributed by atoms with van der Waals surface area (Å²) in [6.45, 7) is 1.32. The van der Waals surface area contributed by atoms with Crippen LogP contribution in [-0.2, 0) is 16.1 Å². The van der Waals surface area contributed by atoms with E-state index in [1.54, 1.807) is 6.07 Å². The highest BCUT2D eigenvalue weighted by Crippen LogP contribution is 2.35. The zero-order valence-electron chi connectivity index (χ0n) is 14.8. The quantitative estimate of drug-likeness (QED) is 0.530. The number of hydrogen-bond donors (Lipinski definition) is 0. The maximum absolute atomic E-state index is 12.6. The Morgan fingerprint density at radius 3 is 2.64 bits per heavy atom. The van der Waals surface area contributed by atoms with Crippen LogP contribution in [0.4, 0.5) is 0 Å². The zero-order valence-corrected chi connectivity index (χ0v) is 18.0. The van der Waals surface area contributed by atoms with Crippen LogP contribution in [0.25, 0.3) is 10.2 Å². The molecule has 7 nitrogen and oxygen atoms in total. The van der Waals surface area contributed by atoms with E-state index in [4.69, 9.17) is 14.2 Å². The molecule has 0 unspecified atom stereocenters. The fourth-order valence-electron chi connectivity index (χ4n) is 2.78. The molecule has 0 bridgehead atoms. The van der Waals surface area contributed by atoms with Crippen LogP contribution in [-0.4, -0.2) is 36.8 Å². The van der Waals surface area contributed by atoms with Gasteiger partial charge in [0.2, 0.25) is 0 Å². The molecule has 0 N–H and O–H groups in total. The second-order valence-electron chi connectivity index (χ2n) is 5.85. The number of rotatable bonds is 4. The van der Waals surface area contributed by atoms with Gasteiger partial charge in [0.1, 0.15) is 13.2 Å². The lowest BCUT2D eigenvalue weighted by atomic mass is 10.2. The second kappa shape index (κ2) is 8.06. The summed E-state index contributed by atoms with van der Waals surface area (Å²) in [5.74, 6) is 0.652. The molecule has 1 aromatic carbocycles. The molecule has 0 aliphatic carbocycles. The molecule has 0 spiro atoms. The maximum Gasteiger partial charge on any atom is 0.307 e. The molecule has 146 valence electrons. The van der Waals surface area contributed by atoms with Crippen molar-refractivity contribution < 1.29 is 23.8 Å². The Labute approximate surface area is 176 Å². The molecule has 28 heavy (non-hydrogen) atoms. The van der Waals surface area contributed by atoms with E-state index in [0.717, 1.165) is 14.0 Å². The topological polar surface area (TPSA) is 79.1 Å². The summed E-state index contributed by atoms with van der Waals surface area (Å²) in [6.07, 6.45) is 0.169. The van der Waals surface area contributed by atoms with Crippen molar-refractivity contribution in [3.63, 3.8) is 0 Å². The van der Waals surface area contributed by atoms with Crippen LogP contribution < -0.4 is 14.3 Å².